The summed E-state index contributed by atoms with van der Waals surface area (Å²) in [4.78, 5) is 11.8. The number of carbonyl (C=O) groups is 1. The number of hydrogen-bond acceptors (Lipinski definition) is 3. The van der Waals surface area contributed by atoms with Crippen LogP contribution in [0.15, 0.2) is 0 Å². The van der Waals surface area contributed by atoms with Gasteiger partial charge in [0.15, 0.2) is 0 Å². The van der Waals surface area contributed by atoms with Crippen molar-refractivity contribution in [1.82, 2.24) is 5.32 Å². The van der Waals surface area contributed by atoms with Gasteiger partial charge in [0.25, 0.3) is 0 Å². The first-order valence-corrected chi connectivity index (χ1v) is 8.53. The van der Waals surface area contributed by atoms with Gasteiger partial charge in [-0.15, -0.1) is 0 Å². The molecule has 0 atom stereocenters. The van der Waals surface area contributed by atoms with Gasteiger partial charge in [0.05, 0.1) is 0 Å². The van der Waals surface area contributed by atoms with Crippen molar-refractivity contribution in [2.24, 2.45) is 17.1 Å². The molecular formula is C17H30N2O2. The van der Waals surface area contributed by atoms with Gasteiger partial charge in [0.2, 0.25) is 0 Å². The van der Waals surface area contributed by atoms with Gasteiger partial charge in [-0.05, 0) is 83.5 Å². The van der Waals surface area contributed by atoms with E-state index in [4.69, 9.17) is 10.5 Å². The Bertz CT molecular complexity index is 411. The zero-order valence-electron chi connectivity index (χ0n) is 13.7. The SMILES string of the molecule is CC(C)(C)OC(=O)NC1CCC(C2(C3(N)CC3)CC2)CC1. The number of ether oxygens (including phenoxy) is 1. The molecule has 0 radical (unpaired) electrons. The second kappa shape index (κ2) is 4.87. The Kier molecular flexibility index (Phi) is 3.51. The van der Waals surface area contributed by atoms with Crippen molar-refractivity contribution in [2.75, 3.05) is 0 Å². The largest absolute Gasteiger partial charge is 0.444 e. The lowest BCUT2D eigenvalue weighted by Gasteiger charge is -2.38. The fraction of sp³-hybridized carbons (Fsp3) is 0.941. The molecule has 0 bridgehead atoms. The third kappa shape index (κ3) is 3.05. The van der Waals surface area contributed by atoms with E-state index in [1.807, 2.05) is 20.8 Å². The molecular weight excluding hydrogens is 264 g/mol. The van der Waals surface area contributed by atoms with Gasteiger partial charge in [-0.3, -0.25) is 0 Å². The Balaban J connectivity index is 1.47. The molecule has 0 aromatic heterocycles. The molecule has 0 heterocycles. The Morgan fingerprint density at radius 3 is 2.10 bits per heavy atom. The highest BCUT2D eigenvalue weighted by atomic mass is 16.6. The minimum atomic E-state index is -0.419. The van der Waals surface area contributed by atoms with Crippen LogP contribution in [0.25, 0.3) is 0 Å². The maximum absolute atomic E-state index is 11.8. The molecule has 1 amide bonds. The van der Waals surface area contributed by atoms with Crippen LogP contribution in [0.3, 0.4) is 0 Å². The van der Waals surface area contributed by atoms with Crippen molar-refractivity contribution in [3.05, 3.63) is 0 Å². The van der Waals surface area contributed by atoms with Crippen LogP contribution in [0.1, 0.15) is 72.1 Å². The molecule has 0 aromatic rings. The van der Waals surface area contributed by atoms with E-state index in [0.717, 1.165) is 18.8 Å². The van der Waals surface area contributed by atoms with Gasteiger partial charge in [0, 0.05) is 11.6 Å². The van der Waals surface area contributed by atoms with Gasteiger partial charge in [0.1, 0.15) is 5.60 Å². The molecule has 0 aromatic carbocycles. The average molecular weight is 294 g/mol. The quantitative estimate of drug-likeness (QED) is 0.839. The van der Waals surface area contributed by atoms with E-state index in [0.29, 0.717) is 5.41 Å². The average Bonchev–Trinajstić information content (AvgIpc) is 3.23. The number of alkyl carbamates (subject to hydrolysis) is 1. The zero-order chi connectivity index (χ0) is 15.3. The summed E-state index contributed by atoms with van der Waals surface area (Å²) in [6.45, 7) is 5.70. The lowest BCUT2D eigenvalue weighted by Crippen LogP contribution is -2.45. The number of nitrogens with two attached hydrogens (primary N) is 1. The van der Waals surface area contributed by atoms with Crippen molar-refractivity contribution in [2.45, 2.75) is 89.3 Å². The van der Waals surface area contributed by atoms with Crippen molar-refractivity contribution in [1.29, 1.82) is 0 Å². The fourth-order valence-corrected chi connectivity index (χ4v) is 4.34. The fourth-order valence-electron chi connectivity index (χ4n) is 4.34. The molecule has 0 unspecified atom stereocenters. The summed E-state index contributed by atoms with van der Waals surface area (Å²) in [6.07, 6.45) is 9.40. The molecule has 0 spiro atoms. The summed E-state index contributed by atoms with van der Waals surface area (Å²) in [5.41, 5.74) is 6.73. The van der Waals surface area contributed by atoms with Crippen LogP contribution in [-0.4, -0.2) is 23.3 Å². The first-order chi connectivity index (χ1) is 9.74. The first-order valence-electron chi connectivity index (χ1n) is 8.53. The van der Waals surface area contributed by atoms with E-state index in [9.17, 15) is 4.79 Å². The number of rotatable bonds is 3. The molecule has 3 saturated carbocycles. The maximum atomic E-state index is 11.8. The standard InChI is InChI=1S/C17H30N2O2/c1-15(2,3)21-14(20)19-13-6-4-12(5-7-13)16(8-9-16)17(18)10-11-17/h12-13H,4-11,18H2,1-3H3,(H,19,20). The zero-order valence-corrected chi connectivity index (χ0v) is 13.7. The molecule has 4 heteroatoms. The molecule has 3 N–H and O–H groups in total. The van der Waals surface area contributed by atoms with Crippen molar-refractivity contribution >= 4 is 6.09 Å². The van der Waals surface area contributed by atoms with Crippen LogP contribution in [0.4, 0.5) is 4.79 Å². The lowest BCUT2D eigenvalue weighted by atomic mass is 9.72. The van der Waals surface area contributed by atoms with E-state index in [1.54, 1.807) is 0 Å². The van der Waals surface area contributed by atoms with E-state index in [2.05, 4.69) is 5.32 Å². The third-order valence-electron chi connectivity index (χ3n) is 5.80. The Morgan fingerprint density at radius 2 is 1.67 bits per heavy atom. The van der Waals surface area contributed by atoms with Gasteiger partial charge in [-0.1, -0.05) is 0 Å². The molecule has 120 valence electrons. The van der Waals surface area contributed by atoms with Gasteiger partial charge >= 0.3 is 6.09 Å². The Labute approximate surface area is 128 Å². The van der Waals surface area contributed by atoms with Gasteiger partial charge < -0.3 is 15.8 Å². The van der Waals surface area contributed by atoms with Crippen LogP contribution in [0, 0.1) is 11.3 Å². The highest BCUT2D eigenvalue weighted by Gasteiger charge is 2.66. The Morgan fingerprint density at radius 1 is 1.10 bits per heavy atom. The van der Waals surface area contributed by atoms with Crippen LogP contribution in [0.5, 0.6) is 0 Å². The van der Waals surface area contributed by atoms with Crippen molar-refractivity contribution in [3.63, 3.8) is 0 Å². The molecule has 4 nitrogen and oxygen atoms in total. The second-order valence-corrected chi connectivity index (χ2v) is 8.51. The number of amides is 1. The summed E-state index contributed by atoms with van der Waals surface area (Å²) >= 11 is 0. The molecule has 0 saturated heterocycles. The van der Waals surface area contributed by atoms with Crippen molar-refractivity contribution < 1.29 is 9.53 Å². The minimum absolute atomic E-state index is 0.170. The Hall–Kier alpha value is -0.770. The van der Waals surface area contributed by atoms with Crippen molar-refractivity contribution in [3.8, 4) is 0 Å². The monoisotopic (exact) mass is 294 g/mol. The van der Waals surface area contributed by atoms with Crippen LogP contribution < -0.4 is 11.1 Å². The minimum Gasteiger partial charge on any atom is -0.444 e. The topological polar surface area (TPSA) is 64.3 Å². The van der Waals surface area contributed by atoms with Crippen LogP contribution in [0.2, 0.25) is 0 Å². The number of nitrogens with one attached hydrogen (secondary N) is 1. The second-order valence-electron chi connectivity index (χ2n) is 8.51. The highest BCUT2D eigenvalue weighted by molar-refractivity contribution is 5.68. The van der Waals surface area contributed by atoms with E-state index in [1.165, 1.54) is 38.5 Å². The van der Waals surface area contributed by atoms with Gasteiger partial charge in [-0.25, -0.2) is 4.79 Å². The summed E-state index contributed by atoms with van der Waals surface area (Å²) in [7, 11) is 0. The molecule has 3 aliphatic carbocycles. The smallest absolute Gasteiger partial charge is 0.407 e. The summed E-state index contributed by atoms with van der Waals surface area (Å²) in [5, 5.41) is 3.03. The third-order valence-corrected chi connectivity index (χ3v) is 5.80. The molecule has 3 fully saturated rings. The molecule has 0 aliphatic heterocycles. The maximum Gasteiger partial charge on any atom is 0.407 e. The van der Waals surface area contributed by atoms with E-state index in [-0.39, 0.29) is 17.7 Å². The van der Waals surface area contributed by atoms with E-state index >= 15 is 0 Å². The highest BCUT2D eigenvalue weighted by Crippen LogP contribution is 2.68. The normalized spacial score (nSPS) is 33.1. The molecule has 3 aliphatic rings. The predicted molar refractivity (Wildman–Crippen MR) is 82.9 cm³/mol. The van der Waals surface area contributed by atoms with Crippen LogP contribution >= 0.6 is 0 Å². The number of hydrogen-bond donors (Lipinski definition) is 2. The number of carbonyl (C=O) groups excluding carboxylic acids is 1. The van der Waals surface area contributed by atoms with E-state index < -0.39 is 5.60 Å². The predicted octanol–water partition coefficient (Wildman–Crippen LogP) is 3.34. The van der Waals surface area contributed by atoms with Crippen LogP contribution in [-0.2, 0) is 4.74 Å². The summed E-state index contributed by atoms with van der Waals surface area (Å²) in [6, 6.07) is 0.278. The summed E-state index contributed by atoms with van der Waals surface area (Å²) in [5.74, 6) is 0.779. The van der Waals surface area contributed by atoms with Gasteiger partial charge in [-0.2, -0.15) is 0 Å². The molecule has 3 rings (SSSR count). The first kappa shape index (κ1) is 15.1. The lowest BCUT2D eigenvalue weighted by molar-refractivity contribution is 0.0476. The molecule has 21 heavy (non-hydrogen) atoms. The summed E-state index contributed by atoms with van der Waals surface area (Å²) < 4.78 is 5.34.